The molecule has 4 heteroatoms. The van der Waals surface area contributed by atoms with Gasteiger partial charge in [-0.15, -0.1) is 0 Å². The summed E-state index contributed by atoms with van der Waals surface area (Å²) in [6.45, 7) is 1.85. The second kappa shape index (κ2) is 3.21. The Balaban J connectivity index is 3.20. The smallest absolute Gasteiger partial charge is 0.224 e. The largest absolute Gasteiger partial charge is 0.480 e. The third-order valence-corrected chi connectivity index (χ3v) is 1.48. The molecule has 1 aromatic heterocycles. The number of rotatable bonds is 2. The lowest BCUT2D eigenvalue weighted by atomic mass is 10.2. The van der Waals surface area contributed by atoms with Gasteiger partial charge in [0, 0.05) is 5.69 Å². The minimum Gasteiger partial charge on any atom is -0.480 e. The van der Waals surface area contributed by atoms with Gasteiger partial charge in [-0.3, -0.25) is 5.41 Å². The quantitative estimate of drug-likeness (QED) is 0.500. The lowest BCUT2D eigenvalue weighted by molar-refractivity contribution is 0.396. The molecule has 0 fully saturated rings. The number of nitrogens with two attached hydrogens (primary N) is 1. The van der Waals surface area contributed by atoms with E-state index in [9.17, 15) is 0 Å². The van der Waals surface area contributed by atoms with Crippen LogP contribution in [0.25, 0.3) is 0 Å². The summed E-state index contributed by atoms with van der Waals surface area (Å²) >= 11 is 0. The van der Waals surface area contributed by atoms with Gasteiger partial charge in [0.2, 0.25) is 5.88 Å². The highest BCUT2D eigenvalue weighted by atomic mass is 16.5. The zero-order valence-corrected chi connectivity index (χ0v) is 7.09. The molecule has 0 unspecified atom stereocenters. The lowest BCUT2D eigenvalue weighted by Crippen LogP contribution is -2.13. The third kappa shape index (κ3) is 1.53. The van der Waals surface area contributed by atoms with E-state index < -0.39 is 0 Å². The van der Waals surface area contributed by atoms with Gasteiger partial charge in [-0.2, -0.15) is 0 Å². The number of aryl methyl sites for hydroxylation is 1. The topological polar surface area (TPSA) is 72.0 Å². The molecular formula is C8H11N3O. The fraction of sp³-hybridized carbons (Fsp3) is 0.250. The van der Waals surface area contributed by atoms with Crippen molar-refractivity contribution in [3.8, 4) is 5.88 Å². The fourth-order valence-electron chi connectivity index (χ4n) is 0.893. The third-order valence-electron chi connectivity index (χ3n) is 1.48. The van der Waals surface area contributed by atoms with Crippen molar-refractivity contribution in [1.82, 2.24) is 4.98 Å². The summed E-state index contributed by atoms with van der Waals surface area (Å²) in [6.07, 6.45) is 0. The molecule has 0 amide bonds. The van der Waals surface area contributed by atoms with Crippen molar-refractivity contribution < 1.29 is 4.74 Å². The van der Waals surface area contributed by atoms with Crippen LogP contribution in [0, 0.1) is 12.3 Å². The van der Waals surface area contributed by atoms with Crippen LogP contribution in [0.15, 0.2) is 12.1 Å². The maximum Gasteiger partial charge on any atom is 0.224 e. The summed E-state index contributed by atoms with van der Waals surface area (Å²) in [5.41, 5.74) is 6.68. The van der Waals surface area contributed by atoms with Gasteiger partial charge in [-0.05, 0) is 19.1 Å². The van der Waals surface area contributed by atoms with Gasteiger partial charge in [0.1, 0.15) is 5.84 Å². The summed E-state index contributed by atoms with van der Waals surface area (Å²) in [4.78, 5) is 4.07. The van der Waals surface area contributed by atoms with Crippen LogP contribution in [-0.4, -0.2) is 17.9 Å². The summed E-state index contributed by atoms with van der Waals surface area (Å²) in [6, 6.07) is 3.52. The Labute approximate surface area is 70.9 Å². The summed E-state index contributed by atoms with van der Waals surface area (Å²) in [5, 5.41) is 7.21. The summed E-state index contributed by atoms with van der Waals surface area (Å²) in [5.74, 6) is 0.377. The summed E-state index contributed by atoms with van der Waals surface area (Å²) in [7, 11) is 1.51. The minimum absolute atomic E-state index is 0.0284. The molecule has 3 N–H and O–H groups in total. The van der Waals surface area contributed by atoms with Crippen molar-refractivity contribution in [2.45, 2.75) is 6.92 Å². The van der Waals surface area contributed by atoms with Gasteiger partial charge in [0.05, 0.1) is 12.7 Å². The molecule has 0 bridgehead atoms. The predicted octanol–water partition coefficient (Wildman–Crippen LogP) is 0.683. The molecule has 0 aromatic carbocycles. The molecule has 0 saturated carbocycles. The average molecular weight is 165 g/mol. The molecule has 0 spiro atoms. The van der Waals surface area contributed by atoms with E-state index in [1.165, 1.54) is 7.11 Å². The Morgan fingerprint density at radius 2 is 2.25 bits per heavy atom. The second-order valence-electron chi connectivity index (χ2n) is 2.42. The van der Waals surface area contributed by atoms with Crippen molar-refractivity contribution in [2.24, 2.45) is 5.73 Å². The first-order valence-corrected chi connectivity index (χ1v) is 3.51. The summed E-state index contributed by atoms with van der Waals surface area (Å²) < 4.78 is 4.96. The second-order valence-corrected chi connectivity index (χ2v) is 2.42. The number of ether oxygens (including phenoxy) is 1. The van der Waals surface area contributed by atoms with Crippen LogP contribution in [0.5, 0.6) is 5.88 Å². The highest BCUT2D eigenvalue weighted by molar-refractivity contribution is 5.97. The Bertz CT molecular complexity index is 309. The Kier molecular flexibility index (Phi) is 2.28. The number of nitrogen functional groups attached to an aromatic ring is 1. The zero-order chi connectivity index (χ0) is 9.14. The number of methoxy groups -OCH3 is 1. The molecule has 1 heterocycles. The van der Waals surface area contributed by atoms with Crippen LogP contribution < -0.4 is 10.5 Å². The number of nitrogens with zero attached hydrogens (tertiary/aromatic N) is 1. The molecule has 64 valence electrons. The molecule has 0 aliphatic carbocycles. The molecule has 0 radical (unpaired) electrons. The lowest BCUT2D eigenvalue weighted by Gasteiger charge is -2.05. The molecule has 1 rings (SSSR count). The Morgan fingerprint density at radius 1 is 1.58 bits per heavy atom. The van der Waals surface area contributed by atoms with Gasteiger partial charge < -0.3 is 10.5 Å². The minimum atomic E-state index is -0.0284. The number of pyridine rings is 1. The van der Waals surface area contributed by atoms with Crippen LogP contribution in [0.3, 0.4) is 0 Å². The van der Waals surface area contributed by atoms with E-state index >= 15 is 0 Å². The Hall–Kier alpha value is -1.58. The first-order chi connectivity index (χ1) is 5.65. The van der Waals surface area contributed by atoms with Crippen molar-refractivity contribution in [3.63, 3.8) is 0 Å². The van der Waals surface area contributed by atoms with E-state index in [0.717, 1.165) is 5.69 Å². The van der Waals surface area contributed by atoms with Gasteiger partial charge in [0.15, 0.2) is 0 Å². The van der Waals surface area contributed by atoms with Crippen molar-refractivity contribution in [2.75, 3.05) is 7.11 Å². The van der Waals surface area contributed by atoms with E-state index in [4.69, 9.17) is 15.9 Å². The number of nitrogens with one attached hydrogen (secondary N) is 1. The predicted molar refractivity (Wildman–Crippen MR) is 46.5 cm³/mol. The van der Waals surface area contributed by atoms with Crippen molar-refractivity contribution >= 4 is 5.84 Å². The molecule has 12 heavy (non-hydrogen) atoms. The van der Waals surface area contributed by atoms with Crippen LogP contribution in [0.1, 0.15) is 11.3 Å². The number of hydrogen-bond donors (Lipinski definition) is 2. The molecular weight excluding hydrogens is 154 g/mol. The van der Waals surface area contributed by atoms with Crippen LogP contribution in [-0.2, 0) is 0 Å². The van der Waals surface area contributed by atoms with E-state index in [1.54, 1.807) is 12.1 Å². The number of amidine groups is 1. The monoisotopic (exact) mass is 165 g/mol. The fourth-order valence-corrected chi connectivity index (χ4v) is 0.893. The molecule has 1 aromatic rings. The molecule has 0 saturated heterocycles. The van der Waals surface area contributed by atoms with Crippen LogP contribution >= 0.6 is 0 Å². The Morgan fingerprint density at radius 3 is 2.75 bits per heavy atom. The van der Waals surface area contributed by atoms with E-state index in [1.807, 2.05) is 6.92 Å². The molecule has 0 aliphatic heterocycles. The first kappa shape index (κ1) is 8.52. The highest BCUT2D eigenvalue weighted by Gasteiger charge is 2.06. The van der Waals surface area contributed by atoms with E-state index in [0.29, 0.717) is 11.4 Å². The number of aromatic nitrogens is 1. The van der Waals surface area contributed by atoms with Gasteiger partial charge in [0.25, 0.3) is 0 Å². The molecule has 4 nitrogen and oxygen atoms in total. The van der Waals surface area contributed by atoms with Gasteiger partial charge in [-0.1, -0.05) is 0 Å². The standard InChI is InChI=1S/C8H11N3O/c1-5-3-4-6(7(9)10)8(11-5)12-2/h3-4H,1-2H3,(H3,9,10). The van der Waals surface area contributed by atoms with E-state index in [2.05, 4.69) is 4.98 Å². The van der Waals surface area contributed by atoms with Crippen molar-refractivity contribution in [3.05, 3.63) is 23.4 Å². The van der Waals surface area contributed by atoms with Crippen molar-refractivity contribution in [1.29, 1.82) is 5.41 Å². The van der Waals surface area contributed by atoms with Gasteiger partial charge in [-0.25, -0.2) is 4.98 Å². The molecule has 0 aliphatic rings. The average Bonchev–Trinajstić information content (AvgIpc) is 2.03. The SMILES string of the molecule is COc1nc(C)ccc1C(=N)N. The highest BCUT2D eigenvalue weighted by Crippen LogP contribution is 2.14. The van der Waals surface area contributed by atoms with Crippen LogP contribution in [0.2, 0.25) is 0 Å². The maximum absolute atomic E-state index is 7.21. The maximum atomic E-state index is 7.21. The normalized spacial score (nSPS) is 9.50. The van der Waals surface area contributed by atoms with Gasteiger partial charge >= 0.3 is 0 Å². The number of hydrogen-bond acceptors (Lipinski definition) is 3. The zero-order valence-electron chi connectivity index (χ0n) is 7.09. The first-order valence-electron chi connectivity index (χ1n) is 3.51. The van der Waals surface area contributed by atoms with E-state index in [-0.39, 0.29) is 5.84 Å². The molecule has 0 atom stereocenters. The van der Waals surface area contributed by atoms with Crippen LogP contribution in [0.4, 0.5) is 0 Å².